The van der Waals surface area contributed by atoms with Crippen LogP contribution in [0.4, 0.5) is 0 Å². The van der Waals surface area contributed by atoms with Gasteiger partial charge in [-0.15, -0.1) is 0 Å². The highest BCUT2D eigenvalue weighted by Crippen LogP contribution is 2.32. The lowest BCUT2D eigenvalue weighted by Gasteiger charge is -2.13. The molecule has 0 saturated heterocycles. The van der Waals surface area contributed by atoms with Crippen molar-refractivity contribution in [1.29, 1.82) is 5.26 Å². The first-order valence-electron chi connectivity index (χ1n) is 10.3. The highest BCUT2D eigenvalue weighted by Gasteiger charge is 2.21. The van der Waals surface area contributed by atoms with E-state index in [-0.39, 0.29) is 5.78 Å². The summed E-state index contributed by atoms with van der Waals surface area (Å²) in [5.41, 5.74) is 4.17. The van der Waals surface area contributed by atoms with E-state index in [1.165, 1.54) is 0 Å². The van der Waals surface area contributed by atoms with Gasteiger partial charge in [-0.25, -0.2) is 4.98 Å². The molecule has 1 heterocycles. The standard InChI is InChI=1S/C29H18N2O/c30-19-25-18-26(29(32)22-12-5-2-6-13-22)28(31-27(25)21-10-3-1-4-11-21)24-16-15-20-9-7-8-14-23(20)17-24/h1-18H. The molecule has 32 heavy (non-hydrogen) atoms. The van der Waals surface area contributed by atoms with Crippen molar-refractivity contribution >= 4 is 16.6 Å². The molecule has 0 fully saturated rings. The lowest BCUT2D eigenvalue weighted by atomic mass is 9.93. The lowest BCUT2D eigenvalue weighted by Crippen LogP contribution is -2.07. The van der Waals surface area contributed by atoms with Crippen molar-refractivity contribution in [3.63, 3.8) is 0 Å². The summed E-state index contributed by atoms with van der Waals surface area (Å²) in [7, 11) is 0. The number of hydrogen-bond donors (Lipinski definition) is 0. The van der Waals surface area contributed by atoms with Crippen molar-refractivity contribution in [1.82, 2.24) is 4.98 Å². The van der Waals surface area contributed by atoms with Crippen LogP contribution in [0.15, 0.2) is 109 Å². The van der Waals surface area contributed by atoms with E-state index in [9.17, 15) is 10.1 Å². The van der Waals surface area contributed by atoms with Crippen molar-refractivity contribution < 1.29 is 4.79 Å². The van der Waals surface area contributed by atoms with Crippen molar-refractivity contribution in [2.45, 2.75) is 0 Å². The molecule has 5 rings (SSSR count). The van der Waals surface area contributed by atoms with Gasteiger partial charge >= 0.3 is 0 Å². The highest BCUT2D eigenvalue weighted by molar-refractivity contribution is 6.13. The molecule has 0 amide bonds. The Hall–Kier alpha value is -4.55. The third-order valence-corrected chi connectivity index (χ3v) is 5.49. The lowest BCUT2D eigenvalue weighted by molar-refractivity contribution is 0.103. The molecule has 5 aromatic rings. The van der Waals surface area contributed by atoms with Gasteiger partial charge in [0, 0.05) is 16.7 Å². The van der Waals surface area contributed by atoms with Crippen LogP contribution in [0.5, 0.6) is 0 Å². The first-order chi connectivity index (χ1) is 15.7. The molecule has 0 aliphatic heterocycles. The number of nitriles is 1. The topological polar surface area (TPSA) is 53.8 Å². The second-order valence-corrected chi connectivity index (χ2v) is 7.52. The molecule has 0 unspecified atom stereocenters. The van der Waals surface area contributed by atoms with E-state index >= 15 is 0 Å². The summed E-state index contributed by atoms with van der Waals surface area (Å²) in [6.45, 7) is 0. The minimum absolute atomic E-state index is 0.155. The monoisotopic (exact) mass is 410 g/mol. The van der Waals surface area contributed by atoms with Crippen molar-refractivity contribution in [2.75, 3.05) is 0 Å². The van der Waals surface area contributed by atoms with Crippen LogP contribution in [0.25, 0.3) is 33.3 Å². The Bertz CT molecular complexity index is 1480. The van der Waals surface area contributed by atoms with Crippen LogP contribution < -0.4 is 0 Å². The zero-order valence-electron chi connectivity index (χ0n) is 17.2. The Morgan fingerprint density at radius 2 is 1.31 bits per heavy atom. The number of nitrogens with zero attached hydrogens (tertiary/aromatic N) is 2. The van der Waals surface area contributed by atoms with E-state index in [0.29, 0.717) is 28.1 Å². The van der Waals surface area contributed by atoms with Gasteiger partial charge in [0.2, 0.25) is 0 Å². The molecule has 0 radical (unpaired) electrons. The van der Waals surface area contributed by atoms with Gasteiger partial charge in [-0.1, -0.05) is 97.1 Å². The molecule has 0 aliphatic carbocycles. The van der Waals surface area contributed by atoms with Crippen molar-refractivity contribution in [3.05, 3.63) is 126 Å². The molecule has 3 heteroatoms. The maximum absolute atomic E-state index is 13.5. The maximum atomic E-state index is 13.5. The van der Waals surface area contributed by atoms with Crippen LogP contribution >= 0.6 is 0 Å². The summed E-state index contributed by atoms with van der Waals surface area (Å²) in [5.74, 6) is -0.155. The summed E-state index contributed by atoms with van der Waals surface area (Å²) in [5, 5.41) is 12.0. The van der Waals surface area contributed by atoms with Gasteiger partial charge in [-0.2, -0.15) is 5.26 Å². The fourth-order valence-corrected chi connectivity index (χ4v) is 3.89. The number of benzene rings is 4. The third-order valence-electron chi connectivity index (χ3n) is 5.49. The highest BCUT2D eigenvalue weighted by atomic mass is 16.1. The largest absolute Gasteiger partial charge is 0.289 e. The number of carbonyl (C=O) groups excluding carboxylic acids is 1. The Labute approximate surface area is 186 Å². The second kappa shape index (κ2) is 8.29. The zero-order valence-corrected chi connectivity index (χ0v) is 17.2. The van der Waals surface area contributed by atoms with Crippen molar-refractivity contribution in [2.24, 2.45) is 0 Å². The number of hydrogen-bond acceptors (Lipinski definition) is 3. The fraction of sp³-hybridized carbons (Fsp3) is 0. The van der Waals surface area contributed by atoms with Crippen LogP contribution in [-0.2, 0) is 0 Å². The predicted octanol–water partition coefficient (Wildman–Crippen LogP) is 6.67. The summed E-state index contributed by atoms with van der Waals surface area (Å²) in [6, 6.07) is 36.7. The third kappa shape index (κ3) is 3.55. The maximum Gasteiger partial charge on any atom is 0.195 e. The molecule has 0 aliphatic rings. The van der Waals surface area contributed by atoms with E-state index < -0.39 is 0 Å². The molecule has 0 N–H and O–H groups in total. The molecular formula is C29H18N2O. The molecule has 3 nitrogen and oxygen atoms in total. The second-order valence-electron chi connectivity index (χ2n) is 7.52. The Morgan fingerprint density at radius 1 is 0.656 bits per heavy atom. The average Bonchev–Trinajstić information content (AvgIpc) is 2.88. The number of aromatic nitrogens is 1. The van der Waals surface area contributed by atoms with E-state index in [2.05, 4.69) is 12.1 Å². The van der Waals surface area contributed by atoms with E-state index in [1.54, 1.807) is 18.2 Å². The fourth-order valence-electron chi connectivity index (χ4n) is 3.89. The summed E-state index contributed by atoms with van der Waals surface area (Å²) < 4.78 is 0. The number of rotatable bonds is 4. The summed E-state index contributed by atoms with van der Waals surface area (Å²) in [4.78, 5) is 18.4. The Kier molecular flexibility index (Phi) is 5.03. The molecule has 0 saturated carbocycles. The molecule has 0 atom stereocenters. The van der Waals surface area contributed by atoms with Crippen LogP contribution in [-0.4, -0.2) is 10.8 Å². The molecule has 1 aromatic heterocycles. The first kappa shape index (κ1) is 19.4. The molecule has 150 valence electrons. The van der Waals surface area contributed by atoms with Gasteiger partial charge in [-0.05, 0) is 22.9 Å². The number of pyridine rings is 1. The van der Waals surface area contributed by atoms with Gasteiger partial charge < -0.3 is 0 Å². The molecule has 0 spiro atoms. The van der Waals surface area contributed by atoms with Gasteiger partial charge in [0.25, 0.3) is 0 Å². The summed E-state index contributed by atoms with van der Waals surface area (Å²) in [6.07, 6.45) is 0. The minimum Gasteiger partial charge on any atom is -0.289 e. The molecule has 0 bridgehead atoms. The SMILES string of the molecule is N#Cc1cc(C(=O)c2ccccc2)c(-c2ccc3ccccc3c2)nc1-c1ccccc1. The first-order valence-corrected chi connectivity index (χ1v) is 10.3. The number of carbonyl (C=O) groups is 1. The smallest absolute Gasteiger partial charge is 0.195 e. The average molecular weight is 410 g/mol. The van der Waals surface area contributed by atoms with Crippen LogP contribution in [0.1, 0.15) is 21.5 Å². The van der Waals surface area contributed by atoms with Crippen LogP contribution in [0.2, 0.25) is 0 Å². The van der Waals surface area contributed by atoms with Gasteiger partial charge in [0.05, 0.1) is 22.5 Å². The predicted molar refractivity (Wildman–Crippen MR) is 127 cm³/mol. The van der Waals surface area contributed by atoms with Crippen LogP contribution in [0, 0.1) is 11.3 Å². The minimum atomic E-state index is -0.155. The van der Waals surface area contributed by atoms with Gasteiger partial charge in [0.15, 0.2) is 5.78 Å². The summed E-state index contributed by atoms with van der Waals surface area (Å²) >= 11 is 0. The van der Waals surface area contributed by atoms with E-state index in [4.69, 9.17) is 4.98 Å². The zero-order chi connectivity index (χ0) is 21.9. The normalized spacial score (nSPS) is 10.6. The van der Waals surface area contributed by atoms with Gasteiger partial charge in [-0.3, -0.25) is 4.79 Å². The Morgan fingerprint density at radius 3 is 2.03 bits per heavy atom. The van der Waals surface area contributed by atoms with Crippen LogP contribution in [0.3, 0.4) is 0 Å². The van der Waals surface area contributed by atoms with E-state index in [1.807, 2.05) is 84.9 Å². The quantitative estimate of drug-likeness (QED) is 0.311. The molecular weight excluding hydrogens is 392 g/mol. The number of ketones is 1. The van der Waals surface area contributed by atoms with Crippen molar-refractivity contribution in [3.8, 4) is 28.6 Å². The Balaban J connectivity index is 1.78. The van der Waals surface area contributed by atoms with E-state index in [0.717, 1.165) is 21.9 Å². The van der Waals surface area contributed by atoms with Gasteiger partial charge in [0.1, 0.15) is 6.07 Å². The molecule has 4 aromatic carbocycles. The number of fused-ring (bicyclic) bond motifs is 1.